The minimum Gasteiger partial charge on any atom is -0.441 e. The van der Waals surface area contributed by atoms with Crippen molar-refractivity contribution in [2.75, 3.05) is 31.6 Å². The second-order valence-corrected chi connectivity index (χ2v) is 15.4. The number of alkyl halides is 3. The van der Waals surface area contributed by atoms with Crippen molar-refractivity contribution in [1.29, 1.82) is 5.26 Å². The molecule has 3 amide bonds. The maximum absolute atomic E-state index is 14.0. The molecule has 3 heterocycles. The molecule has 2 aliphatic rings. The van der Waals surface area contributed by atoms with Gasteiger partial charge in [-0.2, -0.15) is 18.4 Å². The van der Waals surface area contributed by atoms with E-state index in [0.29, 0.717) is 52.4 Å². The van der Waals surface area contributed by atoms with Gasteiger partial charge in [-0.1, -0.05) is 111 Å². The molecule has 0 aliphatic carbocycles. The summed E-state index contributed by atoms with van der Waals surface area (Å²) in [6, 6.07) is 30.5. The van der Waals surface area contributed by atoms with Crippen LogP contribution in [0.2, 0.25) is 0 Å². The van der Waals surface area contributed by atoms with Gasteiger partial charge >= 0.3 is 12.2 Å². The zero-order chi connectivity index (χ0) is 42.3. The normalized spacial score (nSPS) is 15.7. The zero-order valence-corrected chi connectivity index (χ0v) is 33.4. The molecule has 10 nitrogen and oxygen atoms in total. The highest BCUT2D eigenvalue weighted by atomic mass is 19.4. The number of halogens is 3. The molecule has 0 spiro atoms. The molecule has 4 aromatic carbocycles. The first-order valence-electron chi connectivity index (χ1n) is 20.2. The quantitative estimate of drug-likeness (QED) is 0.0898. The van der Waals surface area contributed by atoms with Gasteiger partial charge in [0, 0.05) is 6.54 Å². The van der Waals surface area contributed by atoms with Crippen molar-refractivity contribution >= 4 is 17.6 Å². The maximum Gasteiger partial charge on any atom is 0.416 e. The Morgan fingerprint density at radius 3 is 2.10 bits per heavy atom. The highest BCUT2D eigenvalue weighted by Crippen LogP contribution is 2.41. The first-order chi connectivity index (χ1) is 29.0. The van der Waals surface area contributed by atoms with Crippen LogP contribution in [0, 0.1) is 11.3 Å². The summed E-state index contributed by atoms with van der Waals surface area (Å²) in [7, 11) is 2.03. The first-order valence-corrected chi connectivity index (χ1v) is 20.2. The molecule has 0 bridgehead atoms. The number of benzene rings is 4. The van der Waals surface area contributed by atoms with E-state index in [1.165, 1.54) is 17.0 Å². The fraction of sp³-hybridized carbons (Fsp3) is 0.319. The van der Waals surface area contributed by atoms with E-state index in [-0.39, 0.29) is 24.0 Å². The van der Waals surface area contributed by atoms with E-state index in [2.05, 4.69) is 21.3 Å². The van der Waals surface area contributed by atoms with Crippen LogP contribution in [0.25, 0.3) is 0 Å². The number of unbranched alkanes of at least 4 members (excludes halogenated alkanes) is 6. The summed E-state index contributed by atoms with van der Waals surface area (Å²) in [5.74, 6) is 0.621. The molecule has 2 N–H and O–H groups in total. The van der Waals surface area contributed by atoms with Crippen molar-refractivity contribution in [2.24, 2.45) is 0 Å². The van der Waals surface area contributed by atoms with Gasteiger partial charge in [0.15, 0.2) is 5.60 Å². The van der Waals surface area contributed by atoms with E-state index in [9.17, 15) is 33.1 Å². The van der Waals surface area contributed by atoms with Gasteiger partial charge in [-0.15, -0.1) is 0 Å². The Kier molecular flexibility index (Phi) is 12.8. The molecular formula is C47H47F3N6O4. The molecule has 0 saturated heterocycles. The third-order valence-electron chi connectivity index (χ3n) is 11.1. The number of rotatable bonds is 17. The molecule has 0 saturated carbocycles. The van der Waals surface area contributed by atoms with E-state index in [0.717, 1.165) is 63.6 Å². The number of aliphatic hydroxyl groups is 1. The smallest absolute Gasteiger partial charge is 0.416 e. The second kappa shape index (κ2) is 18.4. The first kappa shape index (κ1) is 41.9. The summed E-state index contributed by atoms with van der Waals surface area (Å²) in [6.45, 7) is 1.95. The summed E-state index contributed by atoms with van der Waals surface area (Å²) < 4.78 is 47.1. The summed E-state index contributed by atoms with van der Waals surface area (Å²) in [6.07, 6.45) is 3.86. The van der Waals surface area contributed by atoms with E-state index in [1.54, 1.807) is 35.4 Å². The fourth-order valence-corrected chi connectivity index (χ4v) is 8.00. The lowest BCUT2D eigenvalue weighted by Gasteiger charge is -2.33. The van der Waals surface area contributed by atoms with E-state index in [4.69, 9.17) is 4.42 Å². The zero-order valence-electron chi connectivity index (χ0n) is 33.4. The molecule has 5 aromatic rings. The number of carbonyl (C=O) groups excluding carboxylic acids is 2. The summed E-state index contributed by atoms with van der Waals surface area (Å²) >= 11 is 0. The molecule has 2 aliphatic heterocycles. The largest absolute Gasteiger partial charge is 0.441 e. The third kappa shape index (κ3) is 9.15. The number of urea groups is 1. The SMILES string of the molecule is CN(CCCCCCCCCN1CC2=C(C1=O)[C@@H](c1ccc(C#N)cc1)NC(=O)N2c1cccc(C(F)(F)F)c1)Cc1cnc(C(O)(c2ccccc2)c2ccccc2)o1. The Labute approximate surface area is 347 Å². The van der Waals surface area contributed by atoms with Crippen molar-refractivity contribution in [3.8, 4) is 6.07 Å². The minimum atomic E-state index is -4.61. The van der Waals surface area contributed by atoms with Crippen molar-refractivity contribution in [2.45, 2.75) is 69.3 Å². The standard InChI is InChI=1S/C47H47F3N6O4/c1-54(31-39-30-52-44(60-39)46(59,35-16-9-7-10-17-35)36-18-11-8-12-19-36)26-13-5-3-2-4-6-14-27-55-32-40-41(43(55)57)42(34-24-22-33(29-51)23-25-34)53-45(58)56(40)38-21-15-20-37(28-38)47(48,49)50/h7-12,15-25,28,30,42,59H,2-6,13-14,26-27,31-32H2,1H3,(H,53,58)/t42-/m1/s1. The van der Waals surface area contributed by atoms with Gasteiger partial charge in [-0.3, -0.25) is 14.6 Å². The lowest BCUT2D eigenvalue weighted by Crippen LogP contribution is -2.47. The Balaban J connectivity index is 0.880. The van der Waals surface area contributed by atoms with Gasteiger partial charge in [-0.25, -0.2) is 9.78 Å². The van der Waals surface area contributed by atoms with Crippen LogP contribution < -0.4 is 10.2 Å². The van der Waals surface area contributed by atoms with Crippen LogP contribution in [0.1, 0.15) is 90.5 Å². The average molecular weight is 817 g/mol. The number of hydrogen-bond acceptors (Lipinski definition) is 7. The number of oxazole rings is 1. The number of carbonyl (C=O) groups is 2. The van der Waals surface area contributed by atoms with Crippen molar-refractivity contribution < 1.29 is 32.3 Å². The van der Waals surface area contributed by atoms with Crippen molar-refractivity contribution in [3.63, 3.8) is 0 Å². The van der Waals surface area contributed by atoms with Crippen LogP contribution >= 0.6 is 0 Å². The predicted octanol–water partition coefficient (Wildman–Crippen LogP) is 9.08. The van der Waals surface area contributed by atoms with Gasteiger partial charge < -0.3 is 19.7 Å². The topological polar surface area (TPSA) is 126 Å². The molecule has 1 atom stereocenters. The van der Waals surface area contributed by atoms with Gasteiger partial charge in [0.25, 0.3) is 5.91 Å². The van der Waals surface area contributed by atoms with Gasteiger partial charge in [-0.05, 0) is 73.5 Å². The Morgan fingerprint density at radius 1 is 0.850 bits per heavy atom. The number of hydrogen-bond donors (Lipinski definition) is 2. The summed E-state index contributed by atoms with van der Waals surface area (Å²) in [5, 5.41) is 24.1. The maximum atomic E-state index is 14.0. The highest BCUT2D eigenvalue weighted by molar-refractivity contribution is 6.07. The third-order valence-corrected chi connectivity index (χ3v) is 11.1. The average Bonchev–Trinajstić information content (AvgIpc) is 3.86. The Morgan fingerprint density at radius 2 is 1.47 bits per heavy atom. The molecule has 13 heteroatoms. The van der Waals surface area contributed by atoms with Crippen LogP contribution in [-0.4, -0.2) is 58.5 Å². The number of nitrogens with zero attached hydrogens (tertiary/aromatic N) is 5. The Hall–Kier alpha value is -6.23. The van der Waals surface area contributed by atoms with Gasteiger partial charge in [0.1, 0.15) is 5.76 Å². The van der Waals surface area contributed by atoms with Crippen LogP contribution in [-0.2, 0) is 23.1 Å². The number of amides is 3. The van der Waals surface area contributed by atoms with Crippen molar-refractivity contribution in [1.82, 2.24) is 20.1 Å². The molecule has 0 radical (unpaired) electrons. The summed E-state index contributed by atoms with van der Waals surface area (Å²) in [4.78, 5) is 37.1. The molecule has 0 unspecified atom stereocenters. The minimum absolute atomic E-state index is 0.0245. The van der Waals surface area contributed by atoms with Crippen molar-refractivity contribution in [3.05, 3.63) is 166 Å². The molecule has 1 aromatic heterocycles. The van der Waals surface area contributed by atoms with Crippen LogP contribution in [0.15, 0.2) is 131 Å². The van der Waals surface area contributed by atoms with Gasteiger partial charge in [0.05, 0.1) is 59.5 Å². The van der Waals surface area contributed by atoms with Crippen LogP contribution in [0.5, 0.6) is 0 Å². The monoisotopic (exact) mass is 816 g/mol. The van der Waals surface area contributed by atoms with Crippen LogP contribution in [0.4, 0.5) is 23.7 Å². The molecule has 0 fully saturated rings. The Bertz CT molecular complexity index is 2300. The highest BCUT2D eigenvalue weighted by Gasteiger charge is 2.45. The molecule has 60 heavy (non-hydrogen) atoms. The van der Waals surface area contributed by atoms with E-state index < -0.39 is 29.4 Å². The lowest BCUT2D eigenvalue weighted by atomic mass is 9.86. The lowest BCUT2D eigenvalue weighted by molar-refractivity contribution is -0.137. The number of nitriles is 1. The number of aromatic nitrogens is 1. The second-order valence-electron chi connectivity index (χ2n) is 15.4. The fourth-order valence-electron chi connectivity index (χ4n) is 8.00. The van der Waals surface area contributed by atoms with Crippen LogP contribution in [0.3, 0.4) is 0 Å². The van der Waals surface area contributed by atoms with E-state index in [1.807, 2.05) is 67.7 Å². The number of nitrogens with one attached hydrogen (secondary N) is 1. The molecule has 7 rings (SSSR count). The van der Waals surface area contributed by atoms with Gasteiger partial charge in [0.2, 0.25) is 5.89 Å². The summed E-state index contributed by atoms with van der Waals surface area (Å²) in [5.41, 5.74) is 0.638. The number of anilines is 1. The molecular weight excluding hydrogens is 770 g/mol. The molecule has 310 valence electrons. The van der Waals surface area contributed by atoms with E-state index >= 15 is 0 Å². The predicted molar refractivity (Wildman–Crippen MR) is 220 cm³/mol.